The zero-order valence-corrected chi connectivity index (χ0v) is 18.5. The minimum atomic E-state index is -3.76. The summed E-state index contributed by atoms with van der Waals surface area (Å²) < 4.78 is 31.0. The van der Waals surface area contributed by atoms with Crippen molar-refractivity contribution in [3.63, 3.8) is 0 Å². The number of carboxylic acid groups (broad SMARTS) is 1. The van der Waals surface area contributed by atoms with Gasteiger partial charge < -0.3 is 20.3 Å². The van der Waals surface area contributed by atoms with E-state index >= 15 is 0 Å². The third-order valence-corrected chi connectivity index (χ3v) is 6.68. The second-order valence-electron chi connectivity index (χ2n) is 6.93. The Morgan fingerprint density at radius 2 is 1.61 bits per heavy atom. The molecule has 3 aromatic carbocycles. The Hall–Kier alpha value is -1.91. The van der Waals surface area contributed by atoms with Crippen LogP contribution in [0.2, 0.25) is 5.02 Å². The quantitative estimate of drug-likeness (QED) is 0.290. The number of hydrogen-bond donors (Lipinski definition) is 3. The number of halogens is 1. The number of hydrogen-bond acceptors (Lipinski definition) is 6. The molecule has 0 aromatic heterocycles. The summed E-state index contributed by atoms with van der Waals surface area (Å²) in [6, 6.07) is 18.1. The number of sulfone groups is 1. The number of aromatic carboxylic acids is 1. The fraction of sp³-hybridized carbons (Fsp3) is 0.174. The molecule has 0 unspecified atom stereocenters. The molecule has 0 radical (unpaired) electrons. The number of aliphatic hydroxyl groups excluding tert-OH is 1. The third-order valence-electron chi connectivity index (χ3n) is 4.66. The predicted octanol–water partition coefficient (Wildman–Crippen LogP) is 2.92. The molecule has 0 aliphatic carbocycles. The van der Waals surface area contributed by atoms with E-state index in [1.807, 2.05) is 0 Å². The first-order valence-electron chi connectivity index (χ1n) is 9.73. The molecular formula is C23H23ClNNaO6S. The van der Waals surface area contributed by atoms with Gasteiger partial charge in [-0.25, -0.2) is 13.2 Å². The number of benzene rings is 3. The van der Waals surface area contributed by atoms with E-state index in [9.17, 15) is 18.3 Å². The molecular weight excluding hydrogens is 477 g/mol. The summed E-state index contributed by atoms with van der Waals surface area (Å²) in [7, 11) is -3.76. The van der Waals surface area contributed by atoms with E-state index in [4.69, 9.17) is 21.4 Å². The Morgan fingerprint density at radius 1 is 1.00 bits per heavy atom. The molecule has 170 valence electrons. The van der Waals surface area contributed by atoms with Gasteiger partial charge in [-0.2, -0.15) is 0 Å². The normalized spacial score (nSPS) is 11.9. The number of aliphatic hydroxyl groups is 1. The van der Waals surface area contributed by atoms with Gasteiger partial charge in [0.15, 0.2) is 0 Å². The first-order chi connectivity index (χ1) is 15.3. The van der Waals surface area contributed by atoms with E-state index in [2.05, 4.69) is 5.32 Å². The van der Waals surface area contributed by atoms with Crippen LogP contribution in [0.4, 0.5) is 0 Å². The van der Waals surface area contributed by atoms with Gasteiger partial charge >= 0.3 is 35.5 Å². The summed E-state index contributed by atoms with van der Waals surface area (Å²) in [6.45, 7) is 1.14. The van der Waals surface area contributed by atoms with Gasteiger partial charge in [0.05, 0.1) is 21.5 Å². The van der Waals surface area contributed by atoms with Crippen LogP contribution in [0.5, 0.6) is 5.75 Å². The van der Waals surface area contributed by atoms with Crippen LogP contribution in [0, 0.1) is 0 Å². The van der Waals surface area contributed by atoms with Crippen LogP contribution >= 0.6 is 11.6 Å². The van der Waals surface area contributed by atoms with Gasteiger partial charge in [0, 0.05) is 18.1 Å². The van der Waals surface area contributed by atoms with Gasteiger partial charge in [-0.15, -0.1) is 0 Å². The van der Waals surface area contributed by atoms with E-state index in [0.717, 1.165) is 5.56 Å². The first-order valence-corrected chi connectivity index (χ1v) is 11.6. The summed E-state index contributed by atoms with van der Waals surface area (Å²) in [6.07, 6.45) is -0.692. The average molecular weight is 500 g/mol. The fourth-order valence-electron chi connectivity index (χ4n) is 2.94. The van der Waals surface area contributed by atoms with Crippen molar-refractivity contribution in [2.75, 3.05) is 19.7 Å². The van der Waals surface area contributed by atoms with Crippen molar-refractivity contribution >= 4 is 57.0 Å². The number of carbonyl (C=O) groups is 1. The molecule has 10 heteroatoms. The molecule has 0 spiro atoms. The van der Waals surface area contributed by atoms with Crippen LogP contribution in [-0.2, 0) is 9.84 Å². The zero-order valence-electron chi connectivity index (χ0n) is 16.9. The van der Waals surface area contributed by atoms with Crippen LogP contribution in [0.1, 0.15) is 22.0 Å². The van der Waals surface area contributed by atoms with Crippen molar-refractivity contribution in [3.8, 4) is 5.75 Å². The van der Waals surface area contributed by atoms with E-state index in [0.29, 0.717) is 30.5 Å². The summed E-state index contributed by atoms with van der Waals surface area (Å²) in [5.41, 5.74) is 0.738. The summed E-state index contributed by atoms with van der Waals surface area (Å²) in [5.74, 6) is -0.619. The van der Waals surface area contributed by atoms with Gasteiger partial charge in [0.1, 0.15) is 12.4 Å². The Morgan fingerprint density at radius 3 is 2.18 bits per heavy atom. The van der Waals surface area contributed by atoms with Crippen molar-refractivity contribution < 1.29 is 28.2 Å². The van der Waals surface area contributed by atoms with Crippen LogP contribution in [0.25, 0.3) is 0 Å². The Bertz CT molecular complexity index is 1170. The van der Waals surface area contributed by atoms with Crippen molar-refractivity contribution in [2.24, 2.45) is 0 Å². The van der Waals surface area contributed by atoms with Gasteiger partial charge in [-0.1, -0.05) is 23.7 Å². The molecule has 0 fully saturated rings. The molecule has 3 aromatic rings. The monoisotopic (exact) mass is 499 g/mol. The summed E-state index contributed by atoms with van der Waals surface area (Å²) in [4.78, 5) is 11.0. The van der Waals surface area contributed by atoms with Crippen LogP contribution < -0.4 is 10.1 Å². The SMILES string of the molecule is O=C(O)c1ccc(S(=O)(=O)c2ccc(OCCNC[C@@H](O)c3cccc(Cl)c3)cc2)cc1.[NaH]. The Labute approximate surface area is 219 Å². The average Bonchev–Trinajstić information content (AvgIpc) is 2.79. The summed E-state index contributed by atoms with van der Waals surface area (Å²) in [5, 5.41) is 22.7. The van der Waals surface area contributed by atoms with Crippen molar-refractivity contribution in [2.45, 2.75) is 15.9 Å². The van der Waals surface area contributed by atoms with Gasteiger partial charge in [-0.3, -0.25) is 0 Å². The minimum absolute atomic E-state index is 0. The maximum absolute atomic E-state index is 12.7. The molecule has 0 aliphatic rings. The summed E-state index contributed by atoms with van der Waals surface area (Å²) >= 11 is 5.92. The van der Waals surface area contributed by atoms with Crippen molar-refractivity contribution in [1.82, 2.24) is 5.32 Å². The Balaban J connectivity index is 0.00000385. The molecule has 0 saturated heterocycles. The van der Waals surface area contributed by atoms with Gasteiger partial charge in [-0.05, 0) is 66.2 Å². The molecule has 0 saturated carbocycles. The Kier molecular flexibility index (Phi) is 10.4. The van der Waals surface area contributed by atoms with E-state index < -0.39 is 21.9 Å². The molecule has 0 amide bonds. The topological polar surface area (TPSA) is 113 Å². The van der Waals surface area contributed by atoms with Gasteiger partial charge in [0.2, 0.25) is 9.84 Å². The molecule has 3 rings (SSSR count). The van der Waals surface area contributed by atoms with Crippen LogP contribution in [-0.4, -0.2) is 73.9 Å². The molecule has 0 bridgehead atoms. The first kappa shape index (κ1) is 27.3. The van der Waals surface area contributed by atoms with E-state index in [-0.39, 0.29) is 44.9 Å². The molecule has 1 atom stereocenters. The molecule has 0 heterocycles. The standard InChI is InChI=1S/C23H22ClNO6S.Na.H/c24-18-3-1-2-17(14-18)22(26)15-25-12-13-31-19-6-10-21(11-7-19)32(29,30)20-8-4-16(5-9-20)23(27)28;;/h1-11,14,22,25-26H,12-13,15H2,(H,27,28);;/t22-;;/m1../s1. The molecule has 7 nitrogen and oxygen atoms in total. The predicted molar refractivity (Wildman–Crippen MR) is 127 cm³/mol. The van der Waals surface area contributed by atoms with Crippen molar-refractivity contribution in [1.29, 1.82) is 0 Å². The number of carboxylic acids is 1. The van der Waals surface area contributed by atoms with Crippen LogP contribution in [0.3, 0.4) is 0 Å². The number of ether oxygens (including phenoxy) is 1. The second-order valence-corrected chi connectivity index (χ2v) is 9.31. The number of nitrogens with one attached hydrogen (secondary N) is 1. The van der Waals surface area contributed by atoms with E-state index in [1.165, 1.54) is 36.4 Å². The zero-order chi connectivity index (χ0) is 23.1. The third kappa shape index (κ3) is 7.55. The number of rotatable bonds is 10. The fourth-order valence-corrected chi connectivity index (χ4v) is 4.40. The van der Waals surface area contributed by atoms with E-state index in [1.54, 1.807) is 36.4 Å². The van der Waals surface area contributed by atoms with Gasteiger partial charge in [0.25, 0.3) is 0 Å². The van der Waals surface area contributed by atoms with Crippen molar-refractivity contribution in [3.05, 3.63) is 88.9 Å². The maximum atomic E-state index is 12.7. The molecule has 33 heavy (non-hydrogen) atoms. The van der Waals surface area contributed by atoms with Crippen LogP contribution in [0.15, 0.2) is 82.6 Å². The second kappa shape index (κ2) is 12.5. The molecule has 3 N–H and O–H groups in total. The molecule has 0 aliphatic heterocycles.